The average molecular weight is 245 g/mol. The fourth-order valence-electron chi connectivity index (χ4n) is 1.51. The molecule has 0 saturated heterocycles. The smallest absolute Gasteiger partial charge is 0.0554 e. The summed E-state index contributed by atoms with van der Waals surface area (Å²) in [5.74, 6) is 0. The van der Waals surface area contributed by atoms with Crippen LogP contribution in [0.15, 0.2) is 36.4 Å². The molecule has 0 amide bonds. The van der Waals surface area contributed by atoms with Crippen molar-refractivity contribution in [3.63, 3.8) is 0 Å². The van der Waals surface area contributed by atoms with Gasteiger partial charge in [-0.3, -0.25) is 0 Å². The van der Waals surface area contributed by atoms with Crippen molar-refractivity contribution in [2.24, 2.45) is 5.73 Å². The molecule has 96 valence electrons. The van der Waals surface area contributed by atoms with Crippen molar-refractivity contribution in [2.45, 2.75) is 0 Å². The molecular weight excluding hydrogens is 226 g/mol. The molecule has 5 heteroatoms. The zero-order chi connectivity index (χ0) is 13.7. The molecule has 0 aliphatic rings. The van der Waals surface area contributed by atoms with Crippen molar-refractivity contribution < 1.29 is 0 Å². The lowest BCUT2D eigenvalue weighted by atomic mass is 10.0. The van der Waals surface area contributed by atoms with Crippen LogP contribution in [-0.4, -0.2) is 7.05 Å². The van der Waals surface area contributed by atoms with Crippen molar-refractivity contribution in [3.8, 4) is 11.1 Å². The number of nitrogen functional groups attached to an aromatic ring is 4. The maximum absolute atomic E-state index is 5.74. The van der Waals surface area contributed by atoms with E-state index in [0.717, 1.165) is 11.1 Å². The first-order valence-corrected chi connectivity index (χ1v) is 5.46. The highest BCUT2D eigenvalue weighted by Crippen LogP contribution is 2.28. The summed E-state index contributed by atoms with van der Waals surface area (Å²) < 4.78 is 0. The van der Waals surface area contributed by atoms with Gasteiger partial charge in [-0.1, -0.05) is 12.1 Å². The Morgan fingerprint density at radius 2 is 0.889 bits per heavy atom. The fraction of sp³-hybridized carbons (Fsp3) is 0.0769. The van der Waals surface area contributed by atoms with Gasteiger partial charge in [-0.15, -0.1) is 0 Å². The normalized spacial score (nSPS) is 9.44. The van der Waals surface area contributed by atoms with Gasteiger partial charge in [0.15, 0.2) is 0 Å². The maximum Gasteiger partial charge on any atom is 0.0554 e. The molecule has 0 atom stereocenters. The van der Waals surface area contributed by atoms with Crippen LogP contribution in [0.5, 0.6) is 0 Å². The number of nitrogens with two attached hydrogens (primary N) is 5. The molecule has 0 heterocycles. The minimum Gasteiger partial charge on any atom is -0.397 e. The third-order valence-corrected chi connectivity index (χ3v) is 2.51. The number of rotatable bonds is 1. The molecule has 10 N–H and O–H groups in total. The molecule has 18 heavy (non-hydrogen) atoms. The molecule has 0 bridgehead atoms. The molecule has 5 nitrogen and oxygen atoms in total. The first-order chi connectivity index (χ1) is 8.58. The Morgan fingerprint density at radius 3 is 1.17 bits per heavy atom. The monoisotopic (exact) mass is 245 g/mol. The van der Waals surface area contributed by atoms with Crippen LogP contribution in [0.3, 0.4) is 0 Å². The zero-order valence-corrected chi connectivity index (χ0v) is 10.4. The van der Waals surface area contributed by atoms with E-state index in [1.165, 1.54) is 7.05 Å². The van der Waals surface area contributed by atoms with Gasteiger partial charge >= 0.3 is 0 Å². The summed E-state index contributed by atoms with van der Waals surface area (Å²) in [5, 5.41) is 0. The second-order valence-electron chi connectivity index (χ2n) is 3.69. The topological polar surface area (TPSA) is 130 Å². The Balaban J connectivity index is 0.000000771. The van der Waals surface area contributed by atoms with Crippen molar-refractivity contribution in [1.29, 1.82) is 0 Å². The average Bonchev–Trinajstić information content (AvgIpc) is 2.38. The Kier molecular flexibility index (Phi) is 4.39. The fourth-order valence-corrected chi connectivity index (χ4v) is 1.51. The van der Waals surface area contributed by atoms with E-state index in [0.29, 0.717) is 22.7 Å². The molecule has 0 aliphatic heterocycles. The lowest BCUT2D eigenvalue weighted by molar-refractivity contribution is 1.48. The number of hydrogen-bond donors (Lipinski definition) is 5. The van der Waals surface area contributed by atoms with Crippen molar-refractivity contribution in [2.75, 3.05) is 30.0 Å². The van der Waals surface area contributed by atoms with Crippen molar-refractivity contribution >= 4 is 22.7 Å². The van der Waals surface area contributed by atoms with E-state index in [9.17, 15) is 0 Å². The quantitative estimate of drug-likeness (QED) is 0.483. The second-order valence-corrected chi connectivity index (χ2v) is 3.69. The van der Waals surface area contributed by atoms with Crippen molar-refractivity contribution in [3.05, 3.63) is 36.4 Å². The van der Waals surface area contributed by atoms with E-state index in [-0.39, 0.29) is 0 Å². The van der Waals surface area contributed by atoms with Crippen LogP contribution in [0.4, 0.5) is 22.7 Å². The lowest BCUT2D eigenvalue weighted by Gasteiger charge is -2.07. The molecule has 0 radical (unpaired) electrons. The molecular formula is C13H19N5. The molecule has 0 aromatic heterocycles. The predicted octanol–water partition coefficient (Wildman–Crippen LogP) is 1.26. The summed E-state index contributed by atoms with van der Waals surface area (Å²) in [4.78, 5) is 0. The second kappa shape index (κ2) is 5.79. The van der Waals surface area contributed by atoms with E-state index < -0.39 is 0 Å². The van der Waals surface area contributed by atoms with Gasteiger partial charge in [0.25, 0.3) is 0 Å². The number of anilines is 4. The third kappa shape index (κ3) is 2.83. The van der Waals surface area contributed by atoms with E-state index in [2.05, 4.69) is 5.73 Å². The molecule has 2 aromatic rings. The molecule has 2 aromatic carbocycles. The summed E-state index contributed by atoms with van der Waals surface area (Å²) in [6, 6.07) is 11.0. The largest absolute Gasteiger partial charge is 0.397 e. The Bertz CT molecular complexity index is 487. The van der Waals surface area contributed by atoms with E-state index in [1.54, 1.807) is 12.1 Å². The predicted molar refractivity (Wildman–Crippen MR) is 79.6 cm³/mol. The summed E-state index contributed by atoms with van der Waals surface area (Å²) in [6.07, 6.45) is 0. The Hall–Kier alpha value is -2.40. The van der Waals surface area contributed by atoms with E-state index in [4.69, 9.17) is 22.9 Å². The minimum atomic E-state index is 0.563. The summed E-state index contributed by atoms with van der Waals surface area (Å²) in [6.45, 7) is 0. The van der Waals surface area contributed by atoms with Gasteiger partial charge in [0.1, 0.15) is 0 Å². The third-order valence-electron chi connectivity index (χ3n) is 2.51. The molecule has 0 saturated carbocycles. The Labute approximate surface area is 107 Å². The van der Waals surface area contributed by atoms with Crippen LogP contribution < -0.4 is 28.7 Å². The highest BCUT2D eigenvalue weighted by molar-refractivity contribution is 5.78. The van der Waals surface area contributed by atoms with Gasteiger partial charge in [-0.05, 0) is 42.4 Å². The summed E-state index contributed by atoms with van der Waals surface area (Å²) in [7, 11) is 1.50. The zero-order valence-electron chi connectivity index (χ0n) is 10.4. The van der Waals surface area contributed by atoms with Gasteiger partial charge in [0.2, 0.25) is 0 Å². The van der Waals surface area contributed by atoms with Crippen LogP contribution >= 0.6 is 0 Å². The van der Waals surface area contributed by atoms with Crippen LogP contribution in [0.2, 0.25) is 0 Å². The summed E-state index contributed by atoms with van der Waals surface area (Å²) >= 11 is 0. The lowest BCUT2D eigenvalue weighted by Crippen LogP contribution is -1.96. The number of hydrogen-bond acceptors (Lipinski definition) is 5. The molecule has 0 aliphatic carbocycles. The van der Waals surface area contributed by atoms with Gasteiger partial charge in [0.05, 0.1) is 22.7 Å². The van der Waals surface area contributed by atoms with Gasteiger partial charge in [-0.25, -0.2) is 0 Å². The molecule has 0 spiro atoms. The van der Waals surface area contributed by atoms with Gasteiger partial charge < -0.3 is 28.7 Å². The van der Waals surface area contributed by atoms with Crippen LogP contribution in [0.1, 0.15) is 0 Å². The highest BCUT2D eigenvalue weighted by atomic mass is 14.7. The molecule has 0 unspecified atom stereocenters. The maximum atomic E-state index is 5.74. The summed E-state index contributed by atoms with van der Waals surface area (Å²) in [5.41, 5.74) is 31.5. The van der Waals surface area contributed by atoms with Gasteiger partial charge in [-0.2, -0.15) is 0 Å². The molecule has 0 fully saturated rings. The van der Waals surface area contributed by atoms with E-state index >= 15 is 0 Å². The first kappa shape index (κ1) is 13.7. The first-order valence-electron chi connectivity index (χ1n) is 5.46. The number of benzene rings is 2. The van der Waals surface area contributed by atoms with Crippen molar-refractivity contribution in [1.82, 2.24) is 0 Å². The van der Waals surface area contributed by atoms with Crippen LogP contribution in [0, 0.1) is 0 Å². The van der Waals surface area contributed by atoms with Crippen LogP contribution in [-0.2, 0) is 0 Å². The highest BCUT2D eigenvalue weighted by Gasteiger charge is 2.02. The SMILES string of the molecule is CN.Nc1ccc(-c2ccc(N)c(N)c2)cc1N. The van der Waals surface area contributed by atoms with Crippen LogP contribution in [0.25, 0.3) is 11.1 Å². The standard InChI is InChI=1S/C12H14N4.CH5N/c13-9-3-1-7(5-11(9)15)8-2-4-10(14)12(16)6-8;1-2/h1-6H,13-16H2;2H2,1H3. The minimum absolute atomic E-state index is 0.563. The molecule has 2 rings (SSSR count). The van der Waals surface area contributed by atoms with E-state index in [1.807, 2.05) is 24.3 Å². The van der Waals surface area contributed by atoms with Gasteiger partial charge in [0, 0.05) is 0 Å². The Morgan fingerprint density at radius 1 is 0.556 bits per heavy atom.